The maximum absolute atomic E-state index is 11.2. The van der Waals surface area contributed by atoms with Gasteiger partial charge in [-0.3, -0.25) is 14.3 Å². The van der Waals surface area contributed by atoms with Crippen molar-refractivity contribution in [3.05, 3.63) is 0 Å². The Labute approximate surface area is 95.5 Å². The molecule has 0 aromatic heterocycles. The third-order valence-corrected chi connectivity index (χ3v) is 3.19. The van der Waals surface area contributed by atoms with Crippen LogP contribution in [0.3, 0.4) is 0 Å². The first-order valence-electron chi connectivity index (χ1n) is 4.70. The van der Waals surface area contributed by atoms with Crippen LogP contribution in [0.25, 0.3) is 0 Å². The van der Waals surface area contributed by atoms with E-state index >= 15 is 0 Å². The summed E-state index contributed by atoms with van der Waals surface area (Å²) in [6.07, 6.45) is 0.215. The minimum absolute atomic E-state index is 0.0628. The quantitative estimate of drug-likeness (QED) is 0.479. The monoisotopic (exact) mass is 233 g/mol. The van der Waals surface area contributed by atoms with E-state index in [-0.39, 0.29) is 12.3 Å². The Morgan fingerprint density at radius 3 is 2.13 bits per heavy atom. The number of nitrogens with two attached hydrogens (primary N) is 2. The molecule has 2 unspecified atom stereocenters. The number of carbonyl (C=O) groups excluding carboxylic acids is 2. The minimum Gasteiger partial charge on any atom is -0.370 e. The summed E-state index contributed by atoms with van der Waals surface area (Å²) in [6, 6.07) is -0.602. The summed E-state index contributed by atoms with van der Waals surface area (Å²) in [5.41, 5.74) is 9.87. The maximum atomic E-state index is 11.2. The normalized spacial score (nSPS) is 15.7. The third kappa shape index (κ3) is 3.71. The van der Waals surface area contributed by atoms with Crippen LogP contribution in [0.4, 0.5) is 0 Å². The van der Waals surface area contributed by atoms with E-state index in [4.69, 9.17) is 11.5 Å². The van der Waals surface area contributed by atoms with Crippen LogP contribution in [0.2, 0.25) is 0 Å². The number of hydrogen-bond donors (Lipinski definition) is 4. The predicted molar refractivity (Wildman–Crippen MR) is 61.9 cm³/mol. The lowest BCUT2D eigenvalue weighted by atomic mass is 9.72. The number of amides is 2. The van der Waals surface area contributed by atoms with Crippen LogP contribution in [-0.4, -0.2) is 17.9 Å². The summed E-state index contributed by atoms with van der Waals surface area (Å²) in [4.78, 5) is 22.0. The largest absolute Gasteiger partial charge is 0.370 e. The molecule has 0 aliphatic heterocycles. The van der Waals surface area contributed by atoms with Crippen molar-refractivity contribution in [2.45, 2.75) is 33.2 Å². The van der Waals surface area contributed by atoms with Crippen LogP contribution in [0.1, 0.15) is 27.2 Å². The Morgan fingerprint density at radius 2 is 1.87 bits per heavy atom. The zero-order valence-electron chi connectivity index (χ0n) is 9.28. The molecule has 0 aliphatic carbocycles. The maximum Gasteiger partial charge on any atom is 0.235 e. The molecule has 0 saturated carbocycles. The highest BCUT2D eigenvalue weighted by Crippen LogP contribution is 2.33. The van der Waals surface area contributed by atoms with Crippen molar-refractivity contribution < 1.29 is 9.59 Å². The molecule has 88 valence electrons. The predicted octanol–water partition coefficient (Wildman–Crippen LogP) is -0.188. The van der Waals surface area contributed by atoms with E-state index in [0.717, 1.165) is 0 Å². The molecule has 0 fully saturated rings. The lowest BCUT2D eigenvalue weighted by molar-refractivity contribution is -0.125. The second-order valence-electron chi connectivity index (χ2n) is 4.36. The van der Waals surface area contributed by atoms with E-state index < -0.39 is 23.3 Å². The first-order valence-corrected chi connectivity index (χ1v) is 5.15. The fourth-order valence-electron chi connectivity index (χ4n) is 1.45. The average molecular weight is 233 g/mol. The van der Waals surface area contributed by atoms with Crippen molar-refractivity contribution in [2.75, 3.05) is 0 Å². The molecular formula is C9H19N3O2S. The molecule has 5 nitrogen and oxygen atoms in total. The fraction of sp³-hybridized carbons (Fsp3) is 0.778. The first-order chi connectivity index (χ1) is 6.73. The average Bonchev–Trinajstić information content (AvgIpc) is 2.02. The molecule has 2 atom stereocenters. The molecule has 0 rings (SSSR count). The van der Waals surface area contributed by atoms with Crippen molar-refractivity contribution in [1.29, 1.82) is 0 Å². The summed E-state index contributed by atoms with van der Waals surface area (Å²) in [7, 11) is 0. The van der Waals surface area contributed by atoms with Crippen LogP contribution in [0.5, 0.6) is 0 Å². The number of nitrogens with one attached hydrogen (secondary N) is 1. The molecule has 0 aliphatic rings. The number of rotatable bonds is 6. The van der Waals surface area contributed by atoms with Gasteiger partial charge < -0.3 is 11.5 Å². The van der Waals surface area contributed by atoms with E-state index in [2.05, 4.69) is 17.5 Å². The molecule has 0 bridgehead atoms. The summed E-state index contributed by atoms with van der Waals surface area (Å²) in [5.74, 6) is -0.948. The van der Waals surface area contributed by atoms with E-state index in [0.29, 0.717) is 0 Å². The zero-order valence-corrected chi connectivity index (χ0v) is 10.2. The Bertz CT molecular complexity index is 256. The number of thiol groups is 1. The van der Waals surface area contributed by atoms with Crippen LogP contribution >= 0.6 is 12.8 Å². The van der Waals surface area contributed by atoms with E-state index in [9.17, 15) is 9.59 Å². The highest BCUT2D eigenvalue weighted by molar-refractivity contribution is 7.78. The molecule has 6 heteroatoms. The summed E-state index contributed by atoms with van der Waals surface area (Å²) in [5, 5.41) is 0. The minimum atomic E-state index is -0.602. The van der Waals surface area contributed by atoms with Crippen LogP contribution in [0, 0.1) is 11.3 Å². The molecule has 15 heavy (non-hydrogen) atoms. The second kappa shape index (κ2) is 5.37. The molecule has 2 amide bonds. The summed E-state index contributed by atoms with van der Waals surface area (Å²) < 4.78 is 2.56. The number of primary amides is 2. The van der Waals surface area contributed by atoms with E-state index in [1.807, 2.05) is 20.8 Å². The molecule has 0 aromatic rings. The number of hydrogen-bond acceptors (Lipinski definition) is 4. The van der Waals surface area contributed by atoms with Gasteiger partial charge in [-0.15, -0.1) is 0 Å². The van der Waals surface area contributed by atoms with Gasteiger partial charge in [0.25, 0.3) is 0 Å². The van der Waals surface area contributed by atoms with E-state index in [1.54, 1.807) is 0 Å². The van der Waals surface area contributed by atoms with Crippen molar-refractivity contribution in [3.8, 4) is 0 Å². The van der Waals surface area contributed by atoms with Gasteiger partial charge in [0.1, 0.15) is 6.04 Å². The topological polar surface area (TPSA) is 98.2 Å². The van der Waals surface area contributed by atoms with Gasteiger partial charge >= 0.3 is 0 Å². The highest BCUT2D eigenvalue weighted by Gasteiger charge is 2.38. The third-order valence-electron chi connectivity index (χ3n) is 2.94. The van der Waals surface area contributed by atoms with Gasteiger partial charge in [-0.2, -0.15) is 0 Å². The van der Waals surface area contributed by atoms with Crippen LogP contribution < -0.4 is 16.2 Å². The molecule has 0 heterocycles. The van der Waals surface area contributed by atoms with Gasteiger partial charge in [-0.1, -0.05) is 33.6 Å². The zero-order chi connectivity index (χ0) is 12.2. The Balaban J connectivity index is 4.75. The molecule has 5 N–H and O–H groups in total. The molecule has 0 saturated heterocycles. The van der Waals surface area contributed by atoms with Crippen LogP contribution in [0.15, 0.2) is 0 Å². The number of carbonyl (C=O) groups is 2. The van der Waals surface area contributed by atoms with Crippen molar-refractivity contribution in [2.24, 2.45) is 22.8 Å². The molecule has 0 spiro atoms. The molecule has 0 radical (unpaired) electrons. The van der Waals surface area contributed by atoms with Gasteiger partial charge in [0.2, 0.25) is 11.8 Å². The van der Waals surface area contributed by atoms with Gasteiger partial charge in [-0.05, 0) is 11.3 Å². The lowest BCUT2D eigenvalue weighted by Gasteiger charge is -2.36. The summed E-state index contributed by atoms with van der Waals surface area (Å²) >= 11 is 3.87. The van der Waals surface area contributed by atoms with Crippen molar-refractivity contribution >= 4 is 24.6 Å². The van der Waals surface area contributed by atoms with Crippen LogP contribution in [-0.2, 0) is 9.59 Å². The first kappa shape index (κ1) is 14.2. The summed E-state index contributed by atoms with van der Waals surface area (Å²) in [6.45, 7) is 5.55. The smallest absolute Gasteiger partial charge is 0.235 e. The Kier molecular flexibility index (Phi) is 5.10. The van der Waals surface area contributed by atoms with E-state index in [1.165, 1.54) is 0 Å². The molecule has 0 aromatic carbocycles. The van der Waals surface area contributed by atoms with Crippen molar-refractivity contribution in [3.63, 3.8) is 0 Å². The SMILES string of the molecule is CC(CC(N)=O)C(C)(C)C(NS)C(N)=O. The van der Waals surface area contributed by atoms with Gasteiger partial charge in [-0.25, -0.2) is 0 Å². The lowest BCUT2D eigenvalue weighted by Crippen LogP contribution is -2.51. The fourth-order valence-corrected chi connectivity index (χ4v) is 1.91. The molecular weight excluding hydrogens is 214 g/mol. The van der Waals surface area contributed by atoms with Gasteiger partial charge in [0.15, 0.2) is 0 Å². The highest BCUT2D eigenvalue weighted by atomic mass is 32.1. The second-order valence-corrected chi connectivity index (χ2v) is 4.62. The Hall–Kier alpha value is -0.750. The standard InChI is InChI=1S/C9H19N3O2S/c1-5(4-6(10)13)9(2,3)7(12-15)8(11)14/h5,7,12,15H,4H2,1-3H3,(H2,10,13)(H2,11,14). The van der Waals surface area contributed by atoms with Crippen molar-refractivity contribution in [1.82, 2.24) is 4.72 Å². The van der Waals surface area contributed by atoms with Gasteiger partial charge in [0, 0.05) is 6.42 Å². The van der Waals surface area contributed by atoms with Gasteiger partial charge in [0.05, 0.1) is 0 Å². The Morgan fingerprint density at radius 1 is 1.40 bits per heavy atom.